The summed E-state index contributed by atoms with van der Waals surface area (Å²) in [6.45, 7) is 4.42. The fourth-order valence-electron chi connectivity index (χ4n) is 4.09. The van der Waals surface area contributed by atoms with Crippen LogP contribution in [-0.2, 0) is 14.8 Å². The number of halogens is 1. The maximum absolute atomic E-state index is 13.7. The average Bonchev–Trinajstić information content (AvgIpc) is 3.36. The van der Waals surface area contributed by atoms with Gasteiger partial charge in [-0.25, -0.2) is 17.7 Å². The van der Waals surface area contributed by atoms with Crippen molar-refractivity contribution in [2.24, 2.45) is 0 Å². The summed E-state index contributed by atoms with van der Waals surface area (Å²) in [4.78, 5) is 22.6. The summed E-state index contributed by atoms with van der Waals surface area (Å²) >= 11 is 1.36. The maximum Gasteiger partial charge on any atom is 0.260 e. The molecule has 1 aromatic heterocycles. The molecule has 0 radical (unpaired) electrons. The second-order valence-corrected chi connectivity index (χ2v) is 11.8. The van der Waals surface area contributed by atoms with Gasteiger partial charge in [0.2, 0.25) is 10.0 Å². The largest absolute Gasteiger partial charge is 0.495 e. The van der Waals surface area contributed by atoms with Crippen molar-refractivity contribution in [2.45, 2.75) is 11.3 Å². The smallest absolute Gasteiger partial charge is 0.260 e. The third kappa shape index (κ3) is 6.38. The fraction of sp³-hybridized carbons (Fsp3) is 0.440. The lowest BCUT2D eigenvalue weighted by Crippen LogP contribution is -2.39. The predicted octanol–water partition coefficient (Wildman–Crippen LogP) is 3.35. The predicted molar refractivity (Wildman–Crippen MR) is 151 cm³/mol. The summed E-state index contributed by atoms with van der Waals surface area (Å²) in [6, 6.07) is 9.61. The number of benzene rings is 2. The standard InChI is InChI=1S/C25H32N4O6S2.ClH/c1-27(2)37(31,32)19-8-6-18(7-9-19)24(30)29(13-5-12-28-14-16-35-17-15-28)25-26-22-20(33-3)10-11-21(34-4)23(22)36-25;/h6-11H,5,12-17H2,1-4H3;1H. The van der Waals surface area contributed by atoms with Crippen molar-refractivity contribution in [1.82, 2.24) is 14.2 Å². The van der Waals surface area contributed by atoms with Gasteiger partial charge in [0.25, 0.3) is 5.91 Å². The molecule has 0 saturated carbocycles. The van der Waals surface area contributed by atoms with Crippen LogP contribution in [0.5, 0.6) is 11.5 Å². The quantitative estimate of drug-likeness (QED) is 0.358. The number of sulfonamides is 1. The Labute approximate surface area is 233 Å². The minimum absolute atomic E-state index is 0. The first-order valence-electron chi connectivity index (χ1n) is 11.9. The number of hydrogen-bond donors (Lipinski definition) is 0. The van der Waals surface area contributed by atoms with Crippen molar-refractivity contribution in [3.8, 4) is 11.5 Å². The number of methoxy groups -OCH3 is 2. The van der Waals surface area contributed by atoms with E-state index in [2.05, 4.69) is 4.90 Å². The molecule has 0 N–H and O–H groups in total. The second-order valence-electron chi connectivity index (χ2n) is 8.72. The summed E-state index contributed by atoms with van der Waals surface area (Å²) in [6.07, 6.45) is 0.739. The number of carbonyl (C=O) groups is 1. The number of nitrogens with zero attached hydrogens (tertiary/aromatic N) is 4. The number of ether oxygens (including phenoxy) is 3. The van der Waals surface area contributed by atoms with Gasteiger partial charge in [-0.3, -0.25) is 14.6 Å². The van der Waals surface area contributed by atoms with E-state index in [0.29, 0.717) is 47.5 Å². The van der Waals surface area contributed by atoms with Gasteiger partial charge >= 0.3 is 0 Å². The normalized spacial score (nSPS) is 14.3. The molecule has 1 aliphatic rings. The Hall–Kier alpha value is -2.48. The Morgan fingerprint density at radius 1 is 1.05 bits per heavy atom. The third-order valence-electron chi connectivity index (χ3n) is 6.21. The molecule has 0 unspecified atom stereocenters. The van der Waals surface area contributed by atoms with Crippen molar-refractivity contribution in [3.63, 3.8) is 0 Å². The van der Waals surface area contributed by atoms with E-state index in [1.54, 1.807) is 37.3 Å². The Bertz CT molecular complexity index is 1300. The van der Waals surface area contributed by atoms with Gasteiger partial charge in [-0.05, 0) is 42.8 Å². The number of aromatic nitrogens is 1. The van der Waals surface area contributed by atoms with Crippen molar-refractivity contribution < 1.29 is 27.4 Å². The lowest BCUT2D eigenvalue weighted by molar-refractivity contribution is 0.0376. The number of anilines is 1. The molecule has 4 rings (SSSR count). The van der Waals surface area contributed by atoms with E-state index in [1.165, 1.54) is 37.6 Å². The molecular formula is C25H33ClN4O6S2. The fourth-order valence-corrected chi connectivity index (χ4v) is 6.09. The van der Waals surface area contributed by atoms with Crippen molar-refractivity contribution in [3.05, 3.63) is 42.0 Å². The maximum atomic E-state index is 13.7. The van der Waals surface area contributed by atoms with Gasteiger partial charge in [0.05, 0.1) is 32.3 Å². The number of morpholine rings is 1. The van der Waals surface area contributed by atoms with E-state index in [0.717, 1.165) is 35.1 Å². The number of carbonyl (C=O) groups excluding carboxylic acids is 1. The summed E-state index contributed by atoms with van der Waals surface area (Å²) < 4.78 is 43.3. The second kappa shape index (κ2) is 13.0. The molecule has 1 amide bonds. The van der Waals surface area contributed by atoms with Crippen molar-refractivity contribution in [1.29, 1.82) is 0 Å². The molecule has 10 nitrogen and oxygen atoms in total. The summed E-state index contributed by atoms with van der Waals surface area (Å²) in [5, 5.41) is 0.523. The molecule has 2 heterocycles. The molecule has 0 aliphatic carbocycles. The average molecular weight is 585 g/mol. The van der Waals surface area contributed by atoms with E-state index < -0.39 is 10.0 Å². The molecule has 38 heavy (non-hydrogen) atoms. The number of hydrogen-bond acceptors (Lipinski definition) is 9. The summed E-state index contributed by atoms with van der Waals surface area (Å²) in [5.74, 6) is 0.989. The first-order valence-corrected chi connectivity index (χ1v) is 14.2. The molecule has 3 aromatic rings. The number of rotatable bonds is 10. The van der Waals surface area contributed by atoms with Gasteiger partial charge < -0.3 is 14.2 Å². The topological polar surface area (TPSA) is 102 Å². The van der Waals surface area contributed by atoms with E-state index in [4.69, 9.17) is 19.2 Å². The summed E-state index contributed by atoms with van der Waals surface area (Å²) in [5.41, 5.74) is 1.00. The zero-order valence-electron chi connectivity index (χ0n) is 21.9. The minimum atomic E-state index is -3.60. The van der Waals surface area contributed by atoms with Gasteiger partial charge in [-0.2, -0.15) is 0 Å². The van der Waals surface area contributed by atoms with Crippen LogP contribution < -0.4 is 14.4 Å². The van der Waals surface area contributed by atoms with Crippen LogP contribution in [-0.4, -0.2) is 96.2 Å². The lowest BCUT2D eigenvalue weighted by Gasteiger charge is -2.27. The highest BCUT2D eigenvalue weighted by Crippen LogP contribution is 2.40. The summed E-state index contributed by atoms with van der Waals surface area (Å²) in [7, 11) is 2.52. The molecule has 0 spiro atoms. The molecule has 0 bridgehead atoms. The number of amides is 1. The highest BCUT2D eigenvalue weighted by Gasteiger charge is 2.25. The van der Waals surface area contributed by atoms with Gasteiger partial charge in [0, 0.05) is 45.8 Å². The van der Waals surface area contributed by atoms with E-state index in [9.17, 15) is 13.2 Å². The molecule has 1 aliphatic heterocycles. The van der Waals surface area contributed by atoms with E-state index >= 15 is 0 Å². The molecule has 2 aromatic carbocycles. The van der Waals surface area contributed by atoms with E-state index in [-0.39, 0.29) is 23.2 Å². The molecule has 208 valence electrons. The first kappa shape index (κ1) is 30.1. The first-order chi connectivity index (χ1) is 17.8. The monoisotopic (exact) mass is 584 g/mol. The van der Waals surface area contributed by atoms with Crippen LogP contribution in [0.25, 0.3) is 10.2 Å². The Balaban J connectivity index is 0.00000400. The SMILES string of the molecule is COc1ccc(OC)c2sc(N(CCCN3CCOCC3)C(=O)c3ccc(S(=O)(=O)N(C)C)cc3)nc12.Cl. The zero-order valence-corrected chi connectivity index (χ0v) is 24.3. The van der Waals surface area contributed by atoms with Gasteiger partial charge in [-0.1, -0.05) is 11.3 Å². The molecule has 13 heteroatoms. The highest BCUT2D eigenvalue weighted by molar-refractivity contribution is 7.89. The lowest BCUT2D eigenvalue weighted by atomic mass is 10.2. The molecule has 0 atom stereocenters. The molecular weight excluding hydrogens is 552 g/mol. The number of thiazole rings is 1. The number of fused-ring (bicyclic) bond motifs is 1. The van der Waals surface area contributed by atoms with Gasteiger partial charge in [0.15, 0.2) is 5.13 Å². The minimum Gasteiger partial charge on any atom is -0.495 e. The Morgan fingerprint density at radius 3 is 2.29 bits per heavy atom. The van der Waals surface area contributed by atoms with Crippen LogP contribution in [0.4, 0.5) is 5.13 Å². The Morgan fingerprint density at radius 2 is 1.68 bits per heavy atom. The van der Waals surface area contributed by atoms with Crippen LogP contribution in [0.1, 0.15) is 16.8 Å². The van der Waals surface area contributed by atoms with Crippen LogP contribution in [0.15, 0.2) is 41.3 Å². The third-order valence-corrected chi connectivity index (χ3v) is 9.14. The van der Waals surface area contributed by atoms with E-state index in [1.807, 2.05) is 6.07 Å². The molecule has 1 saturated heterocycles. The van der Waals surface area contributed by atoms with Crippen LogP contribution in [0, 0.1) is 0 Å². The van der Waals surface area contributed by atoms with Crippen LogP contribution >= 0.6 is 23.7 Å². The van der Waals surface area contributed by atoms with Crippen LogP contribution in [0.2, 0.25) is 0 Å². The van der Waals surface area contributed by atoms with Crippen LogP contribution in [0.3, 0.4) is 0 Å². The zero-order chi connectivity index (χ0) is 26.6. The van der Waals surface area contributed by atoms with Crippen molar-refractivity contribution in [2.75, 3.05) is 72.6 Å². The Kier molecular flexibility index (Phi) is 10.3. The van der Waals surface area contributed by atoms with Gasteiger partial charge in [0.1, 0.15) is 21.7 Å². The van der Waals surface area contributed by atoms with Crippen molar-refractivity contribution >= 4 is 55.0 Å². The molecule has 1 fully saturated rings. The highest BCUT2D eigenvalue weighted by atomic mass is 35.5. The van der Waals surface area contributed by atoms with Gasteiger partial charge in [-0.15, -0.1) is 12.4 Å².